The van der Waals surface area contributed by atoms with Gasteiger partial charge >= 0.3 is 5.97 Å². The first-order chi connectivity index (χ1) is 13.0. The zero-order valence-electron chi connectivity index (χ0n) is 15.1. The summed E-state index contributed by atoms with van der Waals surface area (Å²) in [6.45, 7) is 0. The van der Waals surface area contributed by atoms with Crippen LogP contribution in [0.25, 0.3) is 6.08 Å². The number of methoxy groups -OCH3 is 2. The number of likely N-dealkylation sites (N-methyl/N-ethyl adjacent to an activating group) is 1. The van der Waals surface area contributed by atoms with Crippen LogP contribution in [0.15, 0.2) is 58.4 Å². The molecule has 0 radical (unpaired) electrons. The van der Waals surface area contributed by atoms with Crippen LogP contribution in [0.4, 0.5) is 5.69 Å². The van der Waals surface area contributed by atoms with Crippen molar-refractivity contribution in [1.29, 1.82) is 0 Å². The lowest BCUT2D eigenvalue weighted by Crippen LogP contribution is -2.23. The Hall–Kier alpha value is -3.06. The average Bonchev–Trinajstić information content (AvgIpc) is 2.96. The monoisotopic (exact) mass is 382 g/mol. The molecule has 1 aliphatic heterocycles. The first kappa shape index (κ1) is 18.7. The van der Waals surface area contributed by atoms with E-state index in [0.29, 0.717) is 21.3 Å². The summed E-state index contributed by atoms with van der Waals surface area (Å²) >= 11 is 1.30. The van der Waals surface area contributed by atoms with Gasteiger partial charge in [0.2, 0.25) is 0 Å². The van der Waals surface area contributed by atoms with Crippen LogP contribution in [0.1, 0.15) is 15.9 Å². The Labute approximate surface area is 161 Å². The van der Waals surface area contributed by atoms with Gasteiger partial charge in [-0.3, -0.25) is 9.69 Å². The lowest BCUT2D eigenvalue weighted by molar-refractivity contribution is -0.121. The van der Waals surface area contributed by atoms with Gasteiger partial charge in [-0.1, -0.05) is 12.1 Å². The highest BCUT2D eigenvalue weighted by atomic mass is 32.2. The van der Waals surface area contributed by atoms with Crippen molar-refractivity contribution in [2.24, 2.45) is 4.99 Å². The lowest BCUT2D eigenvalue weighted by Gasteiger charge is -2.07. The number of rotatable bonds is 4. The summed E-state index contributed by atoms with van der Waals surface area (Å²) in [7, 11) is 4.62. The minimum Gasteiger partial charge on any atom is -0.497 e. The normalized spacial score (nSPS) is 16.9. The third-order valence-electron chi connectivity index (χ3n) is 3.91. The second-order valence-electron chi connectivity index (χ2n) is 5.68. The first-order valence-corrected chi connectivity index (χ1v) is 8.92. The smallest absolute Gasteiger partial charge is 0.337 e. The maximum absolute atomic E-state index is 12.5. The number of carbonyl (C=O) groups is 2. The molecule has 6 nitrogen and oxygen atoms in total. The van der Waals surface area contributed by atoms with Crippen LogP contribution in [-0.4, -0.2) is 43.2 Å². The van der Waals surface area contributed by atoms with Crippen LogP contribution in [0, 0.1) is 0 Å². The van der Waals surface area contributed by atoms with Crippen molar-refractivity contribution in [2.45, 2.75) is 0 Å². The van der Waals surface area contributed by atoms with Gasteiger partial charge < -0.3 is 9.47 Å². The van der Waals surface area contributed by atoms with Crippen molar-refractivity contribution >= 4 is 40.6 Å². The molecular weight excluding hydrogens is 364 g/mol. The van der Waals surface area contributed by atoms with E-state index in [1.165, 1.54) is 23.8 Å². The summed E-state index contributed by atoms with van der Waals surface area (Å²) in [5, 5.41) is 0.569. The Morgan fingerprint density at radius 3 is 2.56 bits per heavy atom. The molecular formula is C20H18N2O4S. The molecule has 0 saturated carbocycles. The number of amidine groups is 1. The molecule has 0 atom stereocenters. The minimum absolute atomic E-state index is 0.118. The SMILES string of the molecule is COC(=O)c1ccc(N=C2SC(=Cc3cccc(OC)c3)C(=O)N2C)cc1. The topological polar surface area (TPSA) is 68.2 Å². The van der Waals surface area contributed by atoms with E-state index < -0.39 is 5.97 Å². The van der Waals surface area contributed by atoms with E-state index >= 15 is 0 Å². The largest absolute Gasteiger partial charge is 0.497 e. The van der Waals surface area contributed by atoms with Gasteiger partial charge in [-0.25, -0.2) is 9.79 Å². The van der Waals surface area contributed by atoms with Crippen LogP contribution in [0.2, 0.25) is 0 Å². The predicted molar refractivity (Wildman–Crippen MR) is 106 cm³/mol. The maximum atomic E-state index is 12.5. The van der Waals surface area contributed by atoms with Crippen molar-refractivity contribution in [3.05, 3.63) is 64.6 Å². The third-order valence-corrected chi connectivity index (χ3v) is 4.97. The summed E-state index contributed by atoms with van der Waals surface area (Å²) in [5.74, 6) is 0.209. The van der Waals surface area contributed by atoms with Gasteiger partial charge in [0.1, 0.15) is 5.75 Å². The molecule has 2 aromatic carbocycles. The molecule has 0 bridgehead atoms. The number of esters is 1. The number of benzene rings is 2. The molecule has 1 heterocycles. The quantitative estimate of drug-likeness (QED) is 0.596. The number of amides is 1. The van der Waals surface area contributed by atoms with Crippen LogP contribution in [-0.2, 0) is 9.53 Å². The standard InChI is InChI=1S/C20H18N2O4S/c1-22-18(23)17(12-13-5-4-6-16(11-13)25-2)27-20(22)21-15-9-7-14(8-10-15)19(24)26-3/h4-12H,1-3H3. The molecule has 0 aliphatic carbocycles. The molecule has 0 aromatic heterocycles. The van der Waals surface area contributed by atoms with E-state index in [1.54, 1.807) is 38.4 Å². The molecule has 3 rings (SSSR count). The molecule has 1 amide bonds. The molecule has 27 heavy (non-hydrogen) atoms. The number of ether oxygens (including phenoxy) is 2. The number of thioether (sulfide) groups is 1. The fraction of sp³-hybridized carbons (Fsp3) is 0.150. The molecule has 1 saturated heterocycles. The van der Waals surface area contributed by atoms with Gasteiger partial charge in [0, 0.05) is 7.05 Å². The van der Waals surface area contributed by atoms with Gasteiger partial charge in [-0.2, -0.15) is 0 Å². The summed E-state index contributed by atoms with van der Waals surface area (Å²) in [5.41, 5.74) is 1.97. The summed E-state index contributed by atoms with van der Waals surface area (Å²) in [6, 6.07) is 14.2. The van der Waals surface area contributed by atoms with Crippen LogP contribution >= 0.6 is 11.8 Å². The van der Waals surface area contributed by atoms with Crippen LogP contribution in [0.3, 0.4) is 0 Å². The average molecular weight is 382 g/mol. The predicted octanol–water partition coefficient (Wildman–Crippen LogP) is 3.72. The van der Waals surface area contributed by atoms with Crippen molar-refractivity contribution in [3.8, 4) is 5.75 Å². The molecule has 138 valence electrons. The van der Waals surface area contributed by atoms with Crippen LogP contribution in [0.5, 0.6) is 5.75 Å². The summed E-state index contributed by atoms with van der Waals surface area (Å²) < 4.78 is 9.89. The van der Waals surface area contributed by atoms with Gasteiger partial charge in [-0.15, -0.1) is 0 Å². The number of hydrogen-bond acceptors (Lipinski definition) is 6. The second-order valence-corrected chi connectivity index (χ2v) is 6.69. The molecule has 0 unspecified atom stereocenters. The number of nitrogens with zero attached hydrogens (tertiary/aromatic N) is 2. The second kappa shape index (κ2) is 8.09. The van der Waals surface area contributed by atoms with E-state index in [0.717, 1.165) is 11.3 Å². The maximum Gasteiger partial charge on any atom is 0.337 e. The van der Waals surface area contributed by atoms with Crippen molar-refractivity contribution in [1.82, 2.24) is 4.90 Å². The molecule has 2 aromatic rings. The minimum atomic E-state index is -0.403. The lowest BCUT2D eigenvalue weighted by atomic mass is 10.2. The highest BCUT2D eigenvalue weighted by Gasteiger charge is 2.30. The van der Waals surface area contributed by atoms with E-state index in [-0.39, 0.29) is 5.91 Å². The van der Waals surface area contributed by atoms with E-state index in [4.69, 9.17) is 4.74 Å². The molecule has 1 aliphatic rings. The Balaban J connectivity index is 1.83. The highest BCUT2D eigenvalue weighted by molar-refractivity contribution is 8.18. The number of carbonyl (C=O) groups excluding carboxylic acids is 2. The number of aliphatic imine (C=N–C) groups is 1. The fourth-order valence-electron chi connectivity index (χ4n) is 2.43. The Bertz CT molecular complexity index is 935. The number of hydrogen-bond donors (Lipinski definition) is 0. The van der Waals surface area contributed by atoms with Gasteiger partial charge in [0.05, 0.1) is 30.4 Å². The molecule has 0 N–H and O–H groups in total. The van der Waals surface area contributed by atoms with E-state index in [1.807, 2.05) is 30.3 Å². The van der Waals surface area contributed by atoms with E-state index in [9.17, 15) is 9.59 Å². The van der Waals surface area contributed by atoms with E-state index in [2.05, 4.69) is 9.73 Å². The van der Waals surface area contributed by atoms with Crippen LogP contribution < -0.4 is 4.74 Å². The van der Waals surface area contributed by atoms with Gasteiger partial charge in [0.25, 0.3) is 5.91 Å². The molecule has 7 heteroatoms. The Kier molecular flexibility index (Phi) is 5.61. The van der Waals surface area contributed by atoms with Crippen molar-refractivity contribution in [2.75, 3.05) is 21.3 Å². The zero-order valence-corrected chi connectivity index (χ0v) is 15.9. The Morgan fingerprint density at radius 2 is 1.89 bits per heavy atom. The first-order valence-electron chi connectivity index (χ1n) is 8.10. The highest BCUT2D eigenvalue weighted by Crippen LogP contribution is 2.33. The van der Waals surface area contributed by atoms with Crippen molar-refractivity contribution < 1.29 is 19.1 Å². The summed E-state index contributed by atoms with van der Waals surface area (Å²) in [4.78, 5) is 30.6. The van der Waals surface area contributed by atoms with Gasteiger partial charge in [0.15, 0.2) is 5.17 Å². The third kappa shape index (κ3) is 4.20. The molecule has 1 fully saturated rings. The zero-order chi connectivity index (χ0) is 19.4. The molecule has 0 spiro atoms. The Morgan fingerprint density at radius 1 is 1.15 bits per heavy atom. The fourth-order valence-corrected chi connectivity index (χ4v) is 3.42. The summed E-state index contributed by atoms with van der Waals surface area (Å²) in [6.07, 6.45) is 1.81. The van der Waals surface area contributed by atoms with Gasteiger partial charge in [-0.05, 0) is 59.8 Å². The van der Waals surface area contributed by atoms with Crippen molar-refractivity contribution in [3.63, 3.8) is 0 Å².